The van der Waals surface area contributed by atoms with Crippen LogP contribution in [0.3, 0.4) is 0 Å². The molecule has 0 radical (unpaired) electrons. The van der Waals surface area contributed by atoms with Crippen LogP contribution in [0.25, 0.3) is 38.3 Å². The lowest BCUT2D eigenvalue weighted by Gasteiger charge is -2.52. The van der Waals surface area contributed by atoms with Crippen molar-refractivity contribution in [3.8, 4) is 5.69 Å². The van der Waals surface area contributed by atoms with Crippen molar-refractivity contribution in [2.45, 2.75) is 76.7 Å². The molecule has 0 bridgehead atoms. The molecule has 1 aliphatic carbocycles. The molecule has 0 amide bonds. The molecule has 2 atom stereocenters. The van der Waals surface area contributed by atoms with Gasteiger partial charge >= 0.3 is 0 Å². The smallest absolute Gasteiger partial charge is 0.252 e. The van der Waals surface area contributed by atoms with E-state index in [0.717, 1.165) is 0 Å². The van der Waals surface area contributed by atoms with Gasteiger partial charge in [0.2, 0.25) is 0 Å². The average molecular weight is 557 g/mol. The van der Waals surface area contributed by atoms with Gasteiger partial charge in [-0.3, -0.25) is 0 Å². The summed E-state index contributed by atoms with van der Waals surface area (Å²) in [6, 6.07) is 33.1. The lowest BCUT2D eigenvalue weighted by atomic mass is 9.33. The van der Waals surface area contributed by atoms with E-state index < -0.39 is 0 Å². The first-order valence-electron chi connectivity index (χ1n) is 16.3. The number of para-hydroxylation sites is 2. The van der Waals surface area contributed by atoms with Crippen LogP contribution in [0, 0.1) is 0 Å². The quantitative estimate of drug-likeness (QED) is 0.171. The Morgan fingerprint density at radius 2 is 1.42 bits per heavy atom. The maximum Gasteiger partial charge on any atom is 0.252 e. The summed E-state index contributed by atoms with van der Waals surface area (Å²) < 4.78 is 2.67. The lowest BCUT2D eigenvalue weighted by molar-refractivity contribution is 0.195. The largest absolute Gasteiger partial charge is 0.335 e. The van der Waals surface area contributed by atoms with Crippen molar-refractivity contribution in [3.63, 3.8) is 0 Å². The zero-order valence-corrected chi connectivity index (χ0v) is 25.9. The summed E-state index contributed by atoms with van der Waals surface area (Å²) in [6.07, 6.45) is 5.11. The van der Waals surface area contributed by atoms with Crippen LogP contribution in [0.2, 0.25) is 0 Å². The van der Waals surface area contributed by atoms with Crippen molar-refractivity contribution in [3.05, 3.63) is 96.1 Å². The van der Waals surface area contributed by atoms with Crippen LogP contribution in [0.4, 0.5) is 11.4 Å². The molecule has 0 saturated heterocycles. The summed E-state index contributed by atoms with van der Waals surface area (Å²) in [7, 11) is 0. The number of nitrogens with zero attached hydrogens (tertiary/aromatic N) is 2. The van der Waals surface area contributed by atoms with Crippen LogP contribution in [0.1, 0.15) is 71.4 Å². The van der Waals surface area contributed by atoms with Gasteiger partial charge in [-0.15, -0.1) is 0 Å². The minimum Gasteiger partial charge on any atom is -0.335 e. The number of fused-ring (bicyclic) bond motifs is 12. The highest BCUT2D eigenvalue weighted by molar-refractivity contribution is 7.00. The Labute approximate surface area is 254 Å². The SMILES string of the molecule is CC(C)(C)c1cc2c3c(c1)-n1c4c(cccc4c4ccc5ccccc5c41)B3c1cccc3c1N2C1(C)CCCCC31C. The average Bonchev–Trinajstić information content (AvgIpc) is 3.45. The normalized spacial score (nSPS) is 23.2. The molecule has 43 heavy (non-hydrogen) atoms. The van der Waals surface area contributed by atoms with E-state index in [9.17, 15) is 0 Å². The van der Waals surface area contributed by atoms with E-state index in [1.165, 1.54) is 97.3 Å². The van der Waals surface area contributed by atoms with Gasteiger partial charge in [0, 0.05) is 44.2 Å². The fourth-order valence-electron chi connectivity index (χ4n) is 9.93. The Morgan fingerprint density at radius 1 is 0.698 bits per heavy atom. The number of anilines is 2. The molecular formula is C40H37BN2. The van der Waals surface area contributed by atoms with Gasteiger partial charge in [-0.2, -0.15) is 0 Å². The monoisotopic (exact) mass is 556 g/mol. The summed E-state index contributed by atoms with van der Waals surface area (Å²) in [5, 5.41) is 5.36. The summed E-state index contributed by atoms with van der Waals surface area (Å²) >= 11 is 0. The molecule has 1 saturated carbocycles. The zero-order valence-electron chi connectivity index (χ0n) is 25.9. The minimum atomic E-state index is 0.0262. The van der Waals surface area contributed by atoms with Gasteiger partial charge in [0.15, 0.2) is 0 Å². The van der Waals surface area contributed by atoms with E-state index in [0.29, 0.717) is 0 Å². The second-order valence-electron chi connectivity index (χ2n) is 15.3. The second-order valence-corrected chi connectivity index (χ2v) is 15.3. The highest BCUT2D eigenvalue weighted by atomic mass is 15.3. The highest BCUT2D eigenvalue weighted by Gasteiger charge is 2.61. The predicted octanol–water partition coefficient (Wildman–Crippen LogP) is 8.12. The van der Waals surface area contributed by atoms with E-state index >= 15 is 0 Å². The van der Waals surface area contributed by atoms with E-state index in [4.69, 9.17) is 0 Å². The van der Waals surface area contributed by atoms with Crippen molar-refractivity contribution < 1.29 is 0 Å². The van der Waals surface area contributed by atoms with Crippen LogP contribution in [-0.4, -0.2) is 16.8 Å². The van der Waals surface area contributed by atoms with Gasteiger partial charge in [0.1, 0.15) is 0 Å². The van der Waals surface area contributed by atoms with E-state index in [1.807, 2.05) is 0 Å². The van der Waals surface area contributed by atoms with Crippen LogP contribution in [0.15, 0.2) is 84.9 Å². The van der Waals surface area contributed by atoms with E-state index in [2.05, 4.69) is 129 Å². The van der Waals surface area contributed by atoms with E-state index in [1.54, 1.807) is 5.56 Å². The summed E-state index contributed by atoms with van der Waals surface area (Å²) in [6.45, 7) is 12.5. The van der Waals surface area contributed by atoms with Crippen molar-refractivity contribution in [1.29, 1.82) is 0 Å². The highest BCUT2D eigenvalue weighted by Crippen LogP contribution is 2.61. The number of rotatable bonds is 0. The first kappa shape index (κ1) is 24.5. The van der Waals surface area contributed by atoms with Crippen LogP contribution in [-0.2, 0) is 10.8 Å². The topological polar surface area (TPSA) is 8.17 Å². The Bertz CT molecular complexity index is 2230. The van der Waals surface area contributed by atoms with Gasteiger partial charge in [0.05, 0.1) is 11.1 Å². The third-order valence-electron chi connectivity index (χ3n) is 12.3. The molecule has 2 nitrogen and oxygen atoms in total. The Hall–Kier alpha value is -3.98. The predicted molar refractivity (Wildman–Crippen MR) is 184 cm³/mol. The van der Waals surface area contributed by atoms with Crippen LogP contribution >= 0.6 is 0 Å². The standard InChI is InChI=1S/C40H37BN2/c1-38(2,3)25-22-32-34-33(23-25)43-37-29(39(4)20-8-9-21-40(39,43)5)15-11-17-31(37)41(34)30-16-10-14-27-28-19-18-24-12-6-7-13-26(24)35(28)42(32)36(27)30/h6-7,10-19,22-23H,8-9,20-21H2,1-5H3. The third kappa shape index (κ3) is 2.67. The Kier molecular flexibility index (Phi) is 4.30. The first-order valence-corrected chi connectivity index (χ1v) is 16.3. The molecule has 1 fully saturated rings. The molecule has 0 spiro atoms. The Balaban J connectivity index is 1.44. The fourth-order valence-corrected chi connectivity index (χ4v) is 9.93. The van der Waals surface area contributed by atoms with Crippen LogP contribution < -0.4 is 21.3 Å². The van der Waals surface area contributed by atoms with Crippen molar-refractivity contribution in [2.24, 2.45) is 0 Å². The number of benzene rings is 5. The number of hydrogen-bond donors (Lipinski definition) is 0. The summed E-state index contributed by atoms with van der Waals surface area (Å²) in [4.78, 5) is 2.86. The zero-order chi connectivity index (χ0) is 29.0. The van der Waals surface area contributed by atoms with Gasteiger partial charge < -0.3 is 9.47 Å². The van der Waals surface area contributed by atoms with Gasteiger partial charge in [0.25, 0.3) is 6.71 Å². The molecule has 3 heteroatoms. The first-order chi connectivity index (χ1) is 20.7. The minimum absolute atomic E-state index is 0.0262. The maximum absolute atomic E-state index is 2.86. The van der Waals surface area contributed by atoms with Gasteiger partial charge in [-0.25, -0.2) is 0 Å². The molecule has 4 aliphatic rings. The van der Waals surface area contributed by atoms with Crippen LogP contribution in [0.5, 0.6) is 0 Å². The molecule has 4 heterocycles. The third-order valence-corrected chi connectivity index (χ3v) is 12.3. The number of hydrogen-bond acceptors (Lipinski definition) is 1. The molecule has 3 aliphatic heterocycles. The lowest BCUT2D eigenvalue weighted by Crippen LogP contribution is -2.64. The molecule has 210 valence electrons. The molecular weight excluding hydrogens is 519 g/mol. The maximum atomic E-state index is 2.86. The molecule has 6 aromatic rings. The van der Waals surface area contributed by atoms with Gasteiger partial charge in [-0.1, -0.05) is 113 Å². The van der Waals surface area contributed by atoms with Gasteiger partial charge in [-0.05, 0) is 70.2 Å². The van der Waals surface area contributed by atoms with Crippen molar-refractivity contribution in [2.75, 3.05) is 4.90 Å². The Morgan fingerprint density at radius 3 is 2.28 bits per heavy atom. The van der Waals surface area contributed by atoms with Crippen molar-refractivity contribution >= 4 is 67.1 Å². The van der Waals surface area contributed by atoms with Crippen molar-refractivity contribution in [1.82, 2.24) is 4.57 Å². The van der Waals surface area contributed by atoms with E-state index in [-0.39, 0.29) is 23.1 Å². The summed E-state index contributed by atoms with van der Waals surface area (Å²) in [5.41, 5.74) is 14.7. The molecule has 0 N–H and O–H groups in total. The number of aromatic nitrogens is 1. The molecule has 5 aromatic carbocycles. The summed E-state index contributed by atoms with van der Waals surface area (Å²) in [5.74, 6) is 0. The molecule has 10 rings (SSSR count). The molecule has 1 aromatic heterocycles. The molecule has 2 unspecified atom stereocenters. The fraction of sp³-hybridized carbons (Fsp3) is 0.300. The second kappa shape index (κ2) is 7.56.